The first-order valence-electron chi connectivity index (χ1n) is 7.81. The lowest BCUT2D eigenvalue weighted by Crippen LogP contribution is -2.54. The van der Waals surface area contributed by atoms with E-state index in [4.69, 9.17) is 0 Å². The molecule has 0 radical (unpaired) electrons. The molecule has 2 aromatic rings. The monoisotopic (exact) mass is 301 g/mol. The molecule has 1 aromatic carbocycles. The number of carboxylic acid groups (broad SMARTS) is 1. The Morgan fingerprint density at radius 3 is 2.86 bits per heavy atom. The first-order chi connectivity index (χ1) is 10.6. The lowest BCUT2D eigenvalue weighted by atomic mass is 10.1. The molecule has 1 atom stereocenters. The maximum atomic E-state index is 11.3. The summed E-state index contributed by atoms with van der Waals surface area (Å²) in [5, 5.41) is 10.6. The van der Waals surface area contributed by atoms with Crippen LogP contribution in [0.1, 0.15) is 12.5 Å². The normalized spacial score (nSPS) is 20.5. The van der Waals surface area contributed by atoms with Gasteiger partial charge in [-0.05, 0) is 37.1 Å². The smallest absolute Gasteiger partial charge is 0.322 e. The van der Waals surface area contributed by atoms with Crippen molar-refractivity contribution in [2.75, 3.05) is 26.7 Å². The van der Waals surface area contributed by atoms with Crippen LogP contribution in [0.3, 0.4) is 0 Å². The van der Waals surface area contributed by atoms with Gasteiger partial charge in [-0.2, -0.15) is 0 Å². The number of benzene rings is 1. The van der Waals surface area contributed by atoms with Gasteiger partial charge in [-0.15, -0.1) is 0 Å². The molecule has 0 unspecified atom stereocenters. The van der Waals surface area contributed by atoms with Crippen molar-refractivity contribution >= 4 is 16.9 Å². The molecule has 3 rings (SSSR count). The van der Waals surface area contributed by atoms with Crippen LogP contribution in [0.2, 0.25) is 0 Å². The fourth-order valence-corrected chi connectivity index (χ4v) is 3.20. The number of aliphatic carboxylic acids is 1. The summed E-state index contributed by atoms with van der Waals surface area (Å²) in [5.41, 5.74) is 2.50. The number of carboxylic acids is 1. The number of fused-ring (bicyclic) bond motifs is 1. The van der Waals surface area contributed by atoms with Crippen LogP contribution in [0.5, 0.6) is 0 Å². The Hall–Kier alpha value is -1.85. The van der Waals surface area contributed by atoms with Crippen molar-refractivity contribution in [1.29, 1.82) is 0 Å². The van der Waals surface area contributed by atoms with E-state index in [0.717, 1.165) is 26.2 Å². The third kappa shape index (κ3) is 2.87. The highest BCUT2D eigenvalue weighted by Crippen LogP contribution is 2.20. The van der Waals surface area contributed by atoms with Crippen LogP contribution in [-0.4, -0.2) is 58.2 Å². The standard InChI is InChI=1S/C17H23N3O2/c1-3-20-7-6-14-5-4-13(10-15(14)20)11-19-9-8-18(2)16(12-19)17(21)22/h4-7,10,16H,3,8-9,11-12H2,1-2H3,(H,21,22)/t16-/m0/s1. The van der Waals surface area contributed by atoms with E-state index >= 15 is 0 Å². The molecular weight excluding hydrogens is 278 g/mol. The minimum atomic E-state index is -0.734. The van der Waals surface area contributed by atoms with E-state index < -0.39 is 12.0 Å². The lowest BCUT2D eigenvalue weighted by molar-refractivity contribution is -0.145. The fraction of sp³-hybridized carbons (Fsp3) is 0.471. The van der Waals surface area contributed by atoms with Gasteiger partial charge >= 0.3 is 5.97 Å². The van der Waals surface area contributed by atoms with E-state index in [-0.39, 0.29) is 0 Å². The highest BCUT2D eigenvalue weighted by atomic mass is 16.4. The summed E-state index contributed by atoms with van der Waals surface area (Å²) in [4.78, 5) is 15.5. The van der Waals surface area contributed by atoms with Gasteiger partial charge in [0.15, 0.2) is 0 Å². The SMILES string of the molecule is CCn1ccc2ccc(CN3CCN(C)[C@H](C(=O)O)C3)cc21. The van der Waals surface area contributed by atoms with Crippen molar-refractivity contribution in [3.05, 3.63) is 36.0 Å². The van der Waals surface area contributed by atoms with E-state index in [1.807, 2.05) is 11.9 Å². The van der Waals surface area contributed by atoms with Crippen LogP contribution in [-0.2, 0) is 17.9 Å². The summed E-state index contributed by atoms with van der Waals surface area (Å²) in [5.74, 6) is -0.734. The average molecular weight is 301 g/mol. The first-order valence-corrected chi connectivity index (χ1v) is 7.81. The van der Waals surface area contributed by atoms with Gasteiger partial charge in [-0.25, -0.2) is 0 Å². The number of hydrogen-bond donors (Lipinski definition) is 1. The van der Waals surface area contributed by atoms with Gasteiger partial charge in [0, 0.05) is 44.4 Å². The molecule has 1 aliphatic heterocycles. The van der Waals surface area contributed by atoms with Gasteiger partial charge in [0.1, 0.15) is 6.04 Å². The van der Waals surface area contributed by atoms with Crippen LogP contribution < -0.4 is 0 Å². The summed E-state index contributed by atoms with van der Waals surface area (Å²) >= 11 is 0. The van der Waals surface area contributed by atoms with Gasteiger partial charge < -0.3 is 9.67 Å². The summed E-state index contributed by atoms with van der Waals surface area (Å²) < 4.78 is 2.24. The highest BCUT2D eigenvalue weighted by Gasteiger charge is 2.29. The number of aryl methyl sites for hydroxylation is 1. The van der Waals surface area contributed by atoms with Crippen molar-refractivity contribution in [2.45, 2.75) is 26.1 Å². The number of hydrogen-bond acceptors (Lipinski definition) is 3. The zero-order valence-corrected chi connectivity index (χ0v) is 13.2. The molecule has 0 amide bonds. The van der Waals surface area contributed by atoms with Crippen molar-refractivity contribution in [1.82, 2.24) is 14.4 Å². The van der Waals surface area contributed by atoms with Crippen molar-refractivity contribution in [2.24, 2.45) is 0 Å². The van der Waals surface area contributed by atoms with Gasteiger partial charge in [0.25, 0.3) is 0 Å². The highest BCUT2D eigenvalue weighted by molar-refractivity contribution is 5.80. The summed E-state index contributed by atoms with van der Waals surface area (Å²) in [6.45, 7) is 6.20. The molecular formula is C17H23N3O2. The summed E-state index contributed by atoms with van der Waals surface area (Å²) in [7, 11) is 1.89. The van der Waals surface area contributed by atoms with E-state index in [0.29, 0.717) is 6.54 Å². The number of rotatable bonds is 4. The Bertz CT molecular complexity index is 680. The van der Waals surface area contributed by atoms with Gasteiger partial charge in [-0.3, -0.25) is 14.6 Å². The zero-order chi connectivity index (χ0) is 15.7. The topological polar surface area (TPSA) is 48.7 Å². The molecule has 5 heteroatoms. The lowest BCUT2D eigenvalue weighted by Gasteiger charge is -2.37. The molecule has 2 heterocycles. The average Bonchev–Trinajstić information content (AvgIpc) is 2.91. The molecule has 1 aliphatic rings. The molecule has 0 aliphatic carbocycles. The van der Waals surface area contributed by atoms with Crippen molar-refractivity contribution < 1.29 is 9.90 Å². The molecule has 1 saturated heterocycles. The number of aromatic nitrogens is 1. The molecule has 22 heavy (non-hydrogen) atoms. The largest absolute Gasteiger partial charge is 0.480 e. The second-order valence-electron chi connectivity index (χ2n) is 6.06. The molecule has 5 nitrogen and oxygen atoms in total. The Kier molecular flexibility index (Phi) is 4.18. The molecule has 1 N–H and O–H groups in total. The van der Waals surface area contributed by atoms with E-state index in [1.165, 1.54) is 16.5 Å². The van der Waals surface area contributed by atoms with Gasteiger partial charge in [-0.1, -0.05) is 12.1 Å². The molecule has 0 spiro atoms. The second kappa shape index (κ2) is 6.10. The molecule has 1 aromatic heterocycles. The van der Waals surface area contributed by atoms with E-state index in [2.05, 4.69) is 46.9 Å². The summed E-state index contributed by atoms with van der Waals surface area (Å²) in [6, 6.07) is 8.26. The Morgan fingerprint density at radius 1 is 1.32 bits per heavy atom. The number of nitrogens with zero attached hydrogens (tertiary/aromatic N) is 3. The molecule has 1 fully saturated rings. The third-order valence-corrected chi connectivity index (χ3v) is 4.60. The molecule has 0 bridgehead atoms. The van der Waals surface area contributed by atoms with Crippen LogP contribution in [0.15, 0.2) is 30.5 Å². The minimum absolute atomic E-state index is 0.406. The van der Waals surface area contributed by atoms with Gasteiger partial charge in [0.05, 0.1) is 0 Å². The second-order valence-corrected chi connectivity index (χ2v) is 6.06. The van der Waals surface area contributed by atoms with Crippen LogP contribution >= 0.6 is 0 Å². The Labute approximate surface area is 130 Å². The van der Waals surface area contributed by atoms with Crippen LogP contribution in [0.25, 0.3) is 10.9 Å². The Balaban J connectivity index is 1.76. The molecule has 118 valence electrons. The van der Waals surface area contributed by atoms with Gasteiger partial charge in [0.2, 0.25) is 0 Å². The van der Waals surface area contributed by atoms with E-state index in [9.17, 15) is 9.90 Å². The third-order valence-electron chi connectivity index (χ3n) is 4.60. The van der Waals surface area contributed by atoms with Crippen LogP contribution in [0, 0.1) is 0 Å². The zero-order valence-electron chi connectivity index (χ0n) is 13.2. The van der Waals surface area contributed by atoms with Crippen molar-refractivity contribution in [3.8, 4) is 0 Å². The van der Waals surface area contributed by atoms with E-state index in [1.54, 1.807) is 0 Å². The fourth-order valence-electron chi connectivity index (χ4n) is 3.20. The first kappa shape index (κ1) is 15.1. The maximum absolute atomic E-state index is 11.3. The van der Waals surface area contributed by atoms with Crippen LogP contribution in [0.4, 0.5) is 0 Å². The number of likely N-dealkylation sites (N-methyl/N-ethyl adjacent to an activating group) is 1. The Morgan fingerprint density at radius 2 is 2.14 bits per heavy atom. The quantitative estimate of drug-likeness (QED) is 0.936. The van der Waals surface area contributed by atoms with Crippen molar-refractivity contribution in [3.63, 3.8) is 0 Å². The minimum Gasteiger partial charge on any atom is -0.480 e. The molecule has 0 saturated carbocycles. The predicted molar refractivity (Wildman–Crippen MR) is 86.9 cm³/mol. The maximum Gasteiger partial charge on any atom is 0.322 e. The summed E-state index contributed by atoms with van der Waals surface area (Å²) in [6.07, 6.45) is 2.12. The predicted octanol–water partition coefficient (Wildman–Crippen LogP) is 1.86. The number of carbonyl (C=O) groups is 1. The number of piperazine rings is 1.